The predicted molar refractivity (Wildman–Crippen MR) is 112 cm³/mol. The van der Waals surface area contributed by atoms with Crippen LogP contribution in [-0.4, -0.2) is 41.6 Å². The number of aromatic nitrogens is 2. The number of aryl methyl sites for hydroxylation is 1. The average molecular weight is 364 g/mol. The van der Waals surface area contributed by atoms with Gasteiger partial charge in [-0.3, -0.25) is 9.36 Å². The van der Waals surface area contributed by atoms with Crippen molar-refractivity contribution in [2.75, 3.05) is 27.2 Å². The molecule has 3 rings (SSSR count). The van der Waals surface area contributed by atoms with Crippen molar-refractivity contribution < 1.29 is 0 Å². The van der Waals surface area contributed by atoms with Crippen molar-refractivity contribution in [2.45, 2.75) is 26.3 Å². The Balaban J connectivity index is 2.17. The molecule has 3 aromatic rings. The van der Waals surface area contributed by atoms with Crippen LogP contribution < -0.4 is 10.9 Å². The quantitative estimate of drug-likeness (QED) is 0.699. The Labute approximate surface area is 160 Å². The first-order valence-corrected chi connectivity index (χ1v) is 9.48. The molecule has 1 atom stereocenters. The molecule has 0 aliphatic heterocycles. The van der Waals surface area contributed by atoms with Crippen molar-refractivity contribution in [2.24, 2.45) is 0 Å². The lowest BCUT2D eigenvalue weighted by Crippen LogP contribution is -2.34. The fourth-order valence-electron chi connectivity index (χ4n) is 3.28. The van der Waals surface area contributed by atoms with Crippen molar-refractivity contribution in [3.05, 3.63) is 70.3 Å². The van der Waals surface area contributed by atoms with Crippen molar-refractivity contribution in [1.29, 1.82) is 0 Å². The zero-order valence-corrected chi connectivity index (χ0v) is 16.6. The summed E-state index contributed by atoms with van der Waals surface area (Å²) in [6.45, 7) is 5.92. The van der Waals surface area contributed by atoms with E-state index >= 15 is 0 Å². The van der Waals surface area contributed by atoms with Gasteiger partial charge < -0.3 is 10.2 Å². The molecule has 0 fully saturated rings. The Hall–Kier alpha value is -2.50. The molecule has 0 saturated carbocycles. The number of nitrogens with zero attached hydrogens (tertiary/aromatic N) is 3. The minimum atomic E-state index is -0.0194. The van der Waals surface area contributed by atoms with Crippen LogP contribution in [0.1, 0.15) is 30.8 Å². The van der Waals surface area contributed by atoms with Crippen LogP contribution in [0.15, 0.2) is 53.3 Å². The van der Waals surface area contributed by atoms with E-state index in [1.54, 1.807) is 4.57 Å². The van der Waals surface area contributed by atoms with Gasteiger partial charge in [0.05, 0.1) is 22.6 Å². The molecule has 0 amide bonds. The van der Waals surface area contributed by atoms with Gasteiger partial charge in [-0.1, -0.05) is 31.2 Å². The van der Waals surface area contributed by atoms with Crippen LogP contribution in [0, 0.1) is 6.92 Å². The van der Waals surface area contributed by atoms with Crippen molar-refractivity contribution in [1.82, 2.24) is 19.8 Å². The molecule has 2 aromatic carbocycles. The molecule has 5 heteroatoms. The summed E-state index contributed by atoms with van der Waals surface area (Å²) in [5.41, 5.74) is 2.71. The Kier molecular flexibility index (Phi) is 6.04. The van der Waals surface area contributed by atoms with Crippen LogP contribution in [-0.2, 0) is 0 Å². The van der Waals surface area contributed by atoms with Gasteiger partial charge in [0.25, 0.3) is 5.56 Å². The normalized spacial score (nSPS) is 12.6. The Morgan fingerprint density at radius 3 is 2.63 bits per heavy atom. The zero-order chi connectivity index (χ0) is 19.4. The van der Waals surface area contributed by atoms with Crippen LogP contribution >= 0.6 is 0 Å². The molecule has 0 saturated heterocycles. The molecule has 0 aliphatic carbocycles. The highest BCUT2D eigenvalue weighted by Crippen LogP contribution is 2.20. The number of benzene rings is 2. The molecule has 0 radical (unpaired) electrons. The molecule has 0 spiro atoms. The van der Waals surface area contributed by atoms with E-state index in [4.69, 9.17) is 4.98 Å². The summed E-state index contributed by atoms with van der Waals surface area (Å²) in [6, 6.07) is 15.6. The van der Waals surface area contributed by atoms with E-state index in [1.807, 2.05) is 55.5 Å². The Morgan fingerprint density at radius 2 is 1.93 bits per heavy atom. The summed E-state index contributed by atoms with van der Waals surface area (Å²) < 4.78 is 1.77. The number of hydrogen-bond acceptors (Lipinski definition) is 4. The van der Waals surface area contributed by atoms with E-state index in [-0.39, 0.29) is 11.6 Å². The molecule has 1 N–H and O–H groups in total. The van der Waals surface area contributed by atoms with Crippen LogP contribution in [0.3, 0.4) is 0 Å². The molecule has 1 unspecified atom stereocenters. The first-order valence-electron chi connectivity index (χ1n) is 9.48. The molecule has 0 aliphatic rings. The second-order valence-corrected chi connectivity index (χ2v) is 7.18. The molecule has 27 heavy (non-hydrogen) atoms. The van der Waals surface area contributed by atoms with Gasteiger partial charge in [-0.15, -0.1) is 0 Å². The van der Waals surface area contributed by atoms with Crippen molar-refractivity contribution >= 4 is 10.9 Å². The monoisotopic (exact) mass is 364 g/mol. The number of likely N-dealkylation sites (N-methyl/N-ethyl adjacent to an activating group) is 1. The minimum Gasteiger partial charge on any atom is -0.308 e. The average Bonchev–Trinajstić information content (AvgIpc) is 2.65. The third-order valence-electron chi connectivity index (χ3n) is 4.73. The number of nitrogens with one attached hydrogen (secondary N) is 1. The second kappa shape index (κ2) is 8.46. The largest absolute Gasteiger partial charge is 0.308 e. The van der Waals surface area contributed by atoms with Gasteiger partial charge in [0, 0.05) is 13.1 Å². The smallest absolute Gasteiger partial charge is 0.266 e. The van der Waals surface area contributed by atoms with Crippen LogP contribution in [0.5, 0.6) is 0 Å². The summed E-state index contributed by atoms with van der Waals surface area (Å²) in [5.74, 6) is 0.769. The highest BCUT2D eigenvalue weighted by molar-refractivity contribution is 5.77. The number of para-hydroxylation sites is 1. The molecule has 5 nitrogen and oxygen atoms in total. The molecule has 142 valence electrons. The van der Waals surface area contributed by atoms with Gasteiger partial charge in [-0.05, 0) is 57.3 Å². The van der Waals surface area contributed by atoms with Crippen LogP contribution in [0.25, 0.3) is 16.6 Å². The van der Waals surface area contributed by atoms with Gasteiger partial charge in [0.1, 0.15) is 5.82 Å². The SMILES string of the molecule is CCC(NCCN(C)C)c1nc2ccccc2c(=O)n1-c1cccc(C)c1. The summed E-state index contributed by atoms with van der Waals surface area (Å²) in [4.78, 5) is 20.4. The fourth-order valence-corrected chi connectivity index (χ4v) is 3.28. The summed E-state index contributed by atoms with van der Waals surface area (Å²) in [5, 5.41) is 4.21. The van der Waals surface area contributed by atoms with Gasteiger partial charge in [0.15, 0.2) is 0 Å². The van der Waals surface area contributed by atoms with E-state index in [9.17, 15) is 4.79 Å². The van der Waals surface area contributed by atoms with Crippen molar-refractivity contribution in [3.8, 4) is 5.69 Å². The fraction of sp³-hybridized carbons (Fsp3) is 0.364. The van der Waals surface area contributed by atoms with Crippen LogP contribution in [0.4, 0.5) is 0 Å². The standard InChI is InChI=1S/C22H28N4O/c1-5-19(23-13-14-25(3)4)21-24-20-12-7-6-11-18(20)22(27)26(21)17-10-8-9-16(2)15-17/h6-12,15,19,23H,5,13-14H2,1-4H3. The highest BCUT2D eigenvalue weighted by Gasteiger charge is 2.19. The van der Waals surface area contributed by atoms with E-state index < -0.39 is 0 Å². The molecule has 1 heterocycles. The number of hydrogen-bond donors (Lipinski definition) is 1. The lowest BCUT2D eigenvalue weighted by Gasteiger charge is -2.22. The maximum absolute atomic E-state index is 13.4. The first kappa shape index (κ1) is 19.3. The lowest BCUT2D eigenvalue weighted by molar-refractivity contribution is 0.376. The number of fused-ring (bicyclic) bond motifs is 1. The number of rotatable bonds is 7. The van der Waals surface area contributed by atoms with Gasteiger partial charge in [0.2, 0.25) is 0 Å². The van der Waals surface area contributed by atoms with E-state index in [2.05, 4.69) is 31.2 Å². The predicted octanol–water partition coefficient (Wildman–Crippen LogP) is 3.30. The van der Waals surface area contributed by atoms with E-state index in [1.165, 1.54) is 0 Å². The summed E-state index contributed by atoms with van der Waals surface area (Å²) in [7, 11) is 4.11. The maximum atomic E-state index is 13.4. The van der Waals surface area contributed by atoms with Gasteiger partial charge in [-0.25, -0.2) is 4.98 Å². The molecular weight excluding hydrogens is 336 g/mol. The van der Waals surface area contributed by atoms with E-state index in [0.717, 1.165) is 42.1 Å². The Bertz CT molecular complexity index is 977. The second-order valence-electron chi connectivity index (χ2n) is 7.18. The van der Waals surface area contributed by atoms with Gasteiger partial charge in [-0.2, -0.15) is 0 Å². The maximum Gasteiger partial charge on any atom is 0.266 e. The van der Waals surface area contributed by atoms with Gasteiger partial charge >= 0.3 is 0 Å². The zero-order valence-electron chi connectivity index (χ0n) is 16.6. The lowest BCUT2D eigenvalue weighted by atomic mass is 10.1. The van der Waals surface area contributed by atoms with E-state index in [0.29, 0.717) is 5.39 Å². The molecule has 0 bridgehead atoms. The van der Waals surface area contributed by atoms with Crippen molar-refractivity contribution in [3.63, 3.8) is 0 Å². The first-order chi connectivity index (χ1) is 13.0. The summed E-state index contributed by atoms with van der Waals surface area (Å²) >= 11 is 0. The minimum absolute atomic E-state index is 0.00256. The topological polar surface area (TPSA) is 50.2 Å². The van der Waals surface area contributed by atoms with Crippen LogP contribution in [0.2, 0.25) is 0 Å². The molecule has 1 aromatic heterocycles. The third kappa shape index (κ3) is 4.26. The third-order valence-corrected chi connectivity index (χ3v) is 4.73. The summed E-state index contributed by atoms with van der Waals surface area (Å²) in [6.07, 6.45) is 0.851. The molecular formula is C22H28N4O. The highest BCUT2D eigenvalue weighted by atomic mass is 16.1. The Morgan fingerprint density at radius 1 is 1.15 bits per heavy atom.